The van der Waals surface area contributed by atoms with Crippen LogP contribution in [0.2, 0.25) is 0 Å². The highest BCUT2D eigenvalue weighted by molar-refractivity contribution is 6.00. The largest absolute Gasteiger partial charge is 0.423 e. The van der Waals surface area contributed by atoms with Gasteiger partial charge in [0.2, 0.25) is 0 Å². The molecule has 0 aliphatic heterocycles. The molecule has 0 radical (unpaired) electrons. The molecular weight excluding hydrogens is 344 g/mol. The second kappa shape index (κ2) is 5.83. The van der Waals surface area contributed by atoms with Gasteiger partial charge in [0, 0.05) is 11.1 Å². The lowest BCUT2D eigenvalue weighted by molar-refractivity contribution is 0.642. The highest BCUT2D eigenvalue weighted by Gasteiger charge is 2.21. The Hall–Kier alpha value is -3.85. The average molecular weight is 360 g/mol. The van der Waals surface area contributed by atoms with Crippen molar-refractivity contribution in [3.8, 4) is 22.5 Å². The number of hydrogen-bond acceptors (Lipinski definition) is 2. The molecule has 0 saturated carbocycles. The predicted octanol–water partition coefficient (Wildman–Crippen LogP) is 6.57. The lowest BCUT2D eigenvalue weighted by Gasteiger charge is -2.08. The maximum Gasteiger partial charge on any atom is 0.307 e. The number of rotatable bonds is 2. The number of hydrogen-bond donors (Lipinski definition) is 0. The van der Waals surface area contributed by atoms with Crippen LogP contribution < -0.4 is 0 Å². The quantitative estimate of drug-likeness (QED) is 0.350. The molecule has 0 spiro atoms. The van der Waals surface area contributed by atoms with Gasteiger partial charge in [0.05, 0.1) is 11.2 Å². The molecule has 3 nitrogen and oxygen atoms in total. The number of aromatic nitrogens is 2. The van der Waals surface area contributed by atoms with E-state index < -0.39 is 0 Å². The molecule has 3 heteroatoms. The number of benzene rings is 4. The van der Waals surface area contributed by atoms with E-state index in [1.54, 1.807) is 0 Å². The monoisotopic (exact) mass is 360 g/mol. The summed E-state index contributed by atoms with van der Waals surface area (Å²) in [7, 11) is 0. The number of para-hydroxylation sites is 2. The molecule has 0 saturated heterocycles. The van der Waals surface area contributed by atoms with Crippen LogP contribution in [0.1, 0.15) is 0 Å². The summed E-state index contributed by atoms with van der Waals surface area (Å²) in [5.74, 6) is 0.614. The van der Waals surface area contributed by atoms with E-state index in [2.05, 4.69) is 77.2 Å². The lowest BCUT2D eigenvalue weighted by Crippen LogP contribution is -1.89. The second-order valence-corrected chi connectivity index (χ2v) is 6.89. The Morgan fingerprint density at radius 1 is 0.679 bits per heavy atom. The van der Waals surface area contributed by atoms with Crippen LogP contribution >= 0.6 is 0 Å². The summed E-state index contributed by atoms with van der Waals surface area (Å²) in [5.41, 5.74) is 6.08. The van der Waals surface area contributed by atoms with Crippen molar-refractivity contribution in [2.45, 2.75) is 0 Å². The third-order valence-electron chi connectivity index (χ3n) is 5.25. The fourth-order valence-corrected chi connectivity index (χ4v) is 4.00. The van der Waals surface area contributed by atoms with E-state index in [-0.39, 0.29) is 0 Å². The molecule has 28 heavy (non-hydrogen) atoms. The maximum atomic E-state index is 6.08. The molecule has 132 valence electrons. The summed E-state index contributed by atoms with van der Waals surface area (Å²) in [4.78, 5) is 4.94. The van der Waals surface area contributed by atoms with Gasteiger partial charge in [0.15, 0.2) is 5.58 Å². The Kier molecular flexibility index (Phi) is 3.17. The SMILES string of the molecule is c1ccc(-c2c(-c3cccc4ccccc34)nc3oc4ccccc4n23)cc1. The van der Waals surface area contributed by atoms with Crippen molar-refractivity contribution in [1.82, 2.24) is 9.38 Å². The molecule has 0 unspecified atom stereocenters. The summed E-state index contributed by atoms with van der Waals surface area (Å²) < 4.78 is 8.21. The molecule has 0 amide bonds. The Morgan fingerprint density at radius 3 is 2.36 bits per heavy atom. The number of nitrogens with zero attached hydrogens (tertiary/aromatic N) is 2. The van der Waals surface area contributed by atoms with Crippen molar-refractivity contribution >= 4 is 27.7 Å². The van der Waals surface area contributed by atoms with E-state index in [0.29, 0.717) is 5.84 Å². The van der Waals surface area contributed by atoms with Gasteiger partial charge in [0.1, 0.15) is 5.69 Å². The summed E-state index contributed by atoms with van der Waals surface area (Å²) in [6.45, 7) is 0. The molecule has 6 aromatic rings. The van der Waals surface area contributed by atoms with Crippen LogP contribution in [-0.2, 0) is 0 Å². The maximum absolute atomic E-state index is 6.08. The molecular formula is C25H16N2O. The van der Waals surface area contributed by atoms with Gasteiger partial charge in [0.25, 0.3) is 0 Å². The predicted molar refractivity (Wildman–Crippen MR) is 113 cm³/mol. The highest BCUT2D eigenvalue weighted by atomic mass is 16.4. The molecule has 2 aromatic heterocycles. The summed E-state index contributed by atoms with van der Waals surface area (Å²) in [5, 5.41) is 2.39. The summed E-state index contributed by atoms with van der Waals surface area (Å²) in [6.07, 6.45) is 0. The van der Waals surface area contributed by atoms with E-state index in [9.17, 15) is 0 Å². The third kappa shape index (κ3) is 2.13. The molecule has 4 aromatic carbocycles. The van der Waals surface area contributed by atoms with Crippen LogP contribution in [0.25, 0.3) is 50.2 Å². The van der Waals surface area contributed by atoms with Crippen LogP contribution in [0, 0.1) is 0 Å². The van der Waals surface area contributed by atoms with Gasteiger partial charge in [-0.2, -0.15) is 4.98 Å². The second-order valence-electron chi connectivity index (χ2n) is 6.89. The Balaban J connectivity index is 1.78. The van der Waals surface area contributed by atoms with Crippen LogP contribution in [0.15, 0.2) is 101 Å². The van der Waals surface area contributed by atoms with Gasteiger partial charge in [-0.05, 0) is 22.9 Å². The Morgan fingerprint density at radius 2 is 1.43 bits per heavy atom. The molecule has 0 atom stereocenters. The van der Waals surface area contributed by atoms with Crippen molar-refractivity contribution in [2.24, 2.45) is 0 Å². The standard InChI is InChI=1S/C25H16N2O/c1-2-10-18(11-3-1)24-23(20-14-8-12-17-9-4-5-13-19(17)20)26-25-27(24)21-15-6-7-16-22(21)28-25/h1-16H. The van der Waals surface area contributed by atoms with Crippen LogP contribution in [0.3, 0.4) is 0 Å². The van der Waals surface area contributed by atoms with Gasteiger partial charge in [-0.1, -0.05) is 84.9 Å². The number of imidazole rings is 1. The van der Waals surface area contributed by atoms with E-state index in [0.717, 1.165) is 33.6 Å². The minimum atomic E-state index is 0.614. The van der Waals surface area contributed by atoms with Crippen LogP contribution in [-0.4, -0.2) is 9.38 Å². The van der Waals surface area contributed by atoms with Crippen molar-refractivity contribution in [3.63, 3.8) is 0 Å². The highest BCUT2D eigenvalue weighted by Crippen LogP contribution is 2.38. The first-order chi connectivity index (χ1) is 13.9. The third-order valence-corrected chi connectivity index (χ3v) is 5.25. The van der Waals surface area contributed by atoms with Gasteiger partial charge >= 0.3 is 5.84 Å². The fourth-order valence-electron chi connectivity index (χ4n) is 4.00. The molecule has 0 N–H and O–H groups in total. The topological polar surface area (TPSA) is 30.4 Å². The zero-order chi connectivity index (χ0) is 18.5. The first-order valence-corrected chi connectivity index (χ1v) is 9.34. The van der Waals surface area contributed by atoms with E-state index in [4.69, 9.17) is 9.40 Å². The molecule has 0 bridgehead atoms. The van der Waals surface area contributed by atoms with Crippen LogP contribution in [0.4, 0.5) is 0 Å². The lowest BCUT2D eigenvalue weighted by atomic mass is 9.99. The fraction of sp³-hybridized carbons (Fsp3) is 0. The van der Waals surface area contributed by atoms with Crippen molar-refractivity contribution in [1.29, 1.82) is 0 Å². The van der Waals surface area contributed by atoms with Gasteiger partial charge in [-0.3, -0.25) is 4.40 Å². The minimum absolute atomic E-state index is 0.614. The minimum Gasteiger partial charge on any atom is -0.423 e. The number of oxazole rings is 1. The first kappa shape index (κ1) is 15.2. The summed E-state index contributed by atoms with van der Waals surface area (Å²) in [6, 6.07) is 33.3. The van der Waals surface area contributed by atoms with Crippen molar-refractivity contribution in [2.75, 3.05) is 0 Å². The molecule has 6 rings (SSSR count). The first-order valence-electron chi connectivity index (χ1n) is 9.34. The Labute approximate surface area is 161 Å². The Bertz CT molecular complexity index is 1450. The van der Waals surface area contributed by atoms with E-state index >= 15 is 0 Å². The van der Waals surface area contributed by atoms with Crippen molar-refractivity contribution in [3.05, 3.63) is 97.1 Å². The van der Waals surface area contributed by atoms with Gasteiger partial charge in [-0.15, -0.1) is 0 Å². The van der Waals surface area contributed by atoms with Crippen molar-refractivity contribution < 1.29 is 4.42 Å². The van der Waals surface area contributed by atoms with Gasteiger partial charge < -0.3 is 4.42 Å². The molecule has 2 heterocycles. The molecule has 0 fully saturated rings. The number of fused-ring (bicyclic) bond motifs is 4. The van der Waals surface area contributed by atoms with Gasteiger partial charge in [-0.25, -0.2) is 0 Å². The molecule has 0 aliphatic rings. The smallest absolute Gasteiger partial charge is 0.307 e. The average Bonchev–Trinajstić information content (AvgIpc) is 3.30. The normalized spacial score (nSPS) is 11.6. The van der Waals surface area contributed by atoms with Crippen LogP contribution in [0.5, 0.6) is 0 Å². The zero-order valence-electron chi connectivity index (χ0n) is 15.0. The summed E-state index contributed by atoms with van der Waals surface area (Å²) >= 11 is 0. The van der Waals surface area contributed by atoms with E-state index in [1.807, 2.05) is 24.3 Å². The van der Waals surface area contributed by atoms with E-state index in [1.165, 1.54) is 10.8 Å². The molecule has 0 aliphatic carbocycles. The zero-order valence-corrected chi connectivity index (χ0v) is 15.0.